The van der Waals surface area contributed by atoms with Crippen LogP contribution in [0.3, 0.4) is 0 Å². The first-order valence-electron chi connectivity index (χ1n) is 3.17. The van der Waals surface area contributed by atoms with Gasteiger partial charge in [-0.1, -0.05) is 12.7 Å². The van der Waals surface area contributed by atoms with Crippen molar-refractivity contribution in [1.82, 2.24) is 5.32 Å². The molecule has 0 aromatic carbocycles. The van der Waals surface area contributed by atoms with Gasteiger partial charge < -0.3 is 5.32 Å². The van der Waals surface area contributed by atoms with Crippen LogP contribution >= 0.6 is 0 Å². The predicted octanol–water partition coefficient (Wildman–Crippen LogP) is -0.126. The molecule has 1 N–H and O–H groups in total. The molecule has 0 atom stereocenters. The van der Waals surface area contributed by atoms with E-state index in [1.807, 2.05) is 6.08 Å². The Hall–Kier alpha value is -0.833. The van der Waals surface area contributed by atoms with Gasteiger partial charge in [0.05, 0.1) is 0 Å². The topological polar surface area (TPSA) is 29.1 Å². The summed E-state index contributed by atoms with van der Waals surface area (Å²) in [5.74, 6) is -0.144. The summed E-state index contributed by atoms with van der Waals surface area (Å²) in [5, 5.41) is 2.36. The quantitative estimate of drug-likeness (QED) is 0.338. The van der Waals surface area contributed by atoms with Gasteiger partial charge in [-0.05, 0) is 12.1 Å². The van der Waals surface area contributed by atoms with Crippen molar-refractivity contribution < 1.29 is 4.79 Å². The number of carbonyl (C=O) groups excluding carboxylic acids is 1. The molecule has 58 valence electrons. The Morgan fingerprint density at radius 2 is 2.10 bits per heavy atom. The van der Waals surface area contributed by atoms with Gasteiger partial charge in [-0.15, -0.1) is 6.58 Å². The highest BCUT2D eigenvalue weighted by Crippen LogP contribution is 1.61. The maximum atomic E-state index is 9.95. The van der Waals surface area contributed by atoms with E-state index in [1.165, 1.54) is 22.4 Å². The van der Waals surface area contributed by atoms with Crippen molar-refractivity contribution in [3.8, 4) is 0 Å². The van der Waals surface area contributed by atoms with E-state index in [-0.39, 0.29) is 5.91 Å². The minimum atomic E-state index is -0.144. The number of allylic oxidation sites excluding steroid dienone is 1. The average molecular weight is 157 g/mol. The molecular weight excluding hydrogens is 142 g/mol. The van der Waals surface area contributed by atoms with Crippen LogP contribution in [0.2, 0.25) is 6.04 Å². The fourth-order valence-corrected chi connectivity index (χ4v) is 0.102. The number of nitrogens with one attached hydrogen (secondary N) is 1. The van der Waals surface area contributed by atoms with Crippen LogP contribution in [0.25, 0.3) is 0 Å². The number of carbonyl (C=O) groups is 1. The molecule has 0 aliphatic carbocycles. The molecule has 0 bridgehead atoms. The fraction of sp³-hybridized carbons (Fsp3) is 0.286. The Balaban J connectivity index is 0. The molecule has 0 aliphatic rings. The molecule has 0 heterocycles. The van der Waals surface area contributed by atoms with Crippen LogP contribution in [0.1, 0.15) is 0 Å². The molecule has 0 unspecified atom stereocenters. The zero-order chi connectivity index (χ0) is 8.41. The molecule has 0 rings (SSSR count). The maximum absolute atomic E-state index is 9.95. The lowest BCUT2D eigenvalue weighted by atomic mass is 10.6. The molecule has 0 saturated carbocycles. The first-order valence-corrected chi connectivity index (χ1v) is 4.59. The summed E-state index contributed by atoms with van der Waals surface area (Å²) in [4.78, 5) is 9.95. The second-order valence-corrected chi connectivity index (χ2v) is 2.33. The molecule has 0 radical (unpaired) electrons. The monoisotopic (exact) mass is 157 g/mol. The molecule has 10 heavy (non-hydrogen) atoms. The Morgan fingerprint density at radius 3 is 2.10 bits per heavy atom. The van der Waals surface area contributed by atoms with Gasteiger partial charge in [-0.3, -0.25) is 4.79 Å². The van der Waals surface area contributed by atoms with E-state index in [1.54, 1.807) is 7.05 Å². The normalized spacial score (nSPS) is 6.90. The van der Waals surface area contributed by atoms with Gasteiger partial charge in [-0.25, -0.2) is 0 Å². The molecule has 0 fully saturated rings. The number of hydrogen-bond acceptors (Lipinski definition) is 1. The largest absolute Gasteiger partial charge is 0.356 e. The van der Waals surface area contributed by atoms with Crippen LogP contribution in [0.15, 0.2) is 25.3 Å². The smallest absolute Gasteiger partial charge is 0.243 e. The van der Waals surface area contributed by atoms with Crippen molar-refractivity contribution in [3.63, 3.8) is 0 Å². The van der Waals surface area contributed by atoms with Crippen molar-refractivity contribution in [3.05, 3.63) is 25.3 Å². The molecule has 0 aromatic rings. The standard InChI is InChI=1S/C4H7NO.C3H8Si/c1-3-4(6)5-2;1-2-3-4/h3H,1H2,2H3,(H,5,6);2H,1,3H2,4H3. The summed E-state index contributed by atoms with van der Waals surface area (Å²) in [6.07, 6.45) is 3.16. The Kier molecular flexibility index (Phi) is 13.1. The SMILES string of the molecule is C=CC(=O)NC.C=CC[SiH3]. The van der Waals surface area contributed by atoms with Crippen molar-refractivity contribution in [2.45, 2.75) is 6.04 Å². The van der Waals surface area contributed by atoms with Crippen LogP contribution in [-0.2, 0) is 4.79 Å². The van der Waals surface area contributed by atoms with Crippen LogP contribution in [0.5, 0.6) is 0 Å². The van der Waals surface area contributed by atoms with Crippen molar-refractivity contribution in [1.29, 1.82) is 0 Å². The molecule has 0 saturated heterocycles. The molecule has 1 amide bonds. The fourth-order valence-electron chi connectivity index (χ4n) is 0.102. The van der Waals surface area contributed by atoms with Crippen molar-refractivity contribution in [2.75, 3.05) is 7.05 Å². The van der Waals surface area contributed by atoms with Gasteiger partial charge in [-0.2, -0.15) is 0 Å². The number of amides is 1. The lowest BCUT2D eigenvalue weighted by Crippen LogP contribution is -2.13. The highest BCUT2D eigenvalue weighted by Gasteiger charge is 1.78. The van der Waals surface area contributed by atoms with Crippen LogP contribution in [0.4, 0.5) is 0 Å². The van der Waals surface area contributed by atoms with Gasteiger partial charge in [0.25, 0.3) is 0 Å². The first-order chi connectivity index (χ1) is 4.72. The lowest BCUT2D eigenvalue weighted by molar-refractivity contribution is -0.116. The van der Waals surface area contributed by atoms with Gasteiger partial charge in [0.2, 0.25) is 5.91 Å². The van der Waals surface area contributed by atoms with E-state index in [0.717, 1.165) is 0 Å². The predicted molar refractivity (Wildman–Crippen MR) is 49.2 cm³/mol. The van der Waals surface area contributed by atoms with E-state index < -0.39 is 0 Å². The highest BCUT2D eigenvalue weighted by molar-refractivity contribution is 6.09. The molecule has 0 aliphatic heterocycles. The summed E-state index contributed by atoms with van der Waals surface area (Å²) < 4.78 is 0. The van der Waals surface area contributed by atoms with Gasteiger partial charge >= 0.3 is 0 Å². The number of rotatable bonds is 2. The molecule has 0 aromatic heterocycles. The molecule has 3 heteroatoms. The summed E-state index contributed by atoms with van der Waals surface area (Å²) >= 11 is 0. The Labute approximate surface area is 65.4 Å². The van der Waals surface area contributed by atoms with E-state index >= 15 is 0 Å². The number of hydrogen-bond donors (Lipinski definition) is 1. The van der Waals surface area contributed by atoms with Crippen LogP contribution in [0, 0.1) is 0 Å². The van der Waals surface area contributed by atoms with E-state index in [0.29, 0.717) is 0 Å². The summed E-state index contributed by atoms with van der Waals surface area (Å²) in [6.45, 7) is 6.73. The maximum Gasteiger partial charge on any atom is 0.243 e. The Morgan fingerprint density at radius 1 is 1.70 bits per heavy atom. The lowest BCUT2D eigenvalue weighted by Gasteiger charge is -1.82. The van der Waals surface area contributed by atoms with Crippen LogP contribution in [-0.4, -0.2) is 23.2 Å². The third-order valence-corrected chi connectivity index (χ3v) is 1.30. The van der Waals surface area contributed by atoms with E-state index in [2.05, 4.69) is 18.5 Å². The average Bonchev–Trinajstić information content (AvgIpc) is 2.03. The second-order valence-electron chi connectivity index (χ2n) is 1.52. The first kappa shape index (κ1) is 11.9. The summed E-state index contributed by atoms with van der Waals surface area (Å²) in [6, 6.07) is 1.22. The Bertz CT molecular complexity index is 112. The van der Waals surface area contributed by atoms with E-state index in [4.69, 9.17) is 0 Å². The third-order valence-electron chi connectivity index (χ3n) is 0.720. The minimum Gasteiger partial charge on any atom is -0.356 e. The third kappa shape index (κ3) is 15.7. The summed E-state index contributed by atoms with van der Waals surface area (Å²) in [7, 11) is 2.83. The zero-order valence-electron chi connectivity index (χ0n) is 6.68. The van der Waals surface area contributed by atoms with Crippen molar-refractivity contribution >= 4 is 16.1 Å². The molecular formula is C7H15NOSi. The molecule has 2 nitrogen and oxygen atoms in total. The summed E-state index contributed by atoms with van der Waals surface area (Å²) in [5.41, 5.74) is 0. The van der Waals surface area contributed by atoms with Crippen LogP contribution < -0.4 is 5.32 Å². The van der Waals surface area contributed by atoms with Gasteiger partial charge in [0.1, 0.15) is 0 Å². The molecule has 0 spiro atoms. The van der Waals surface area contributed by atoms with E-state index in [9.17, 15) is 4.79 Å². The second kappa shape index (κ2) is 11.0. The van der Waals surface area contributed by atoms with Gasteiger partial charge in [0.15, 0.2) is 0 Å². The number of likely N-dealkylation sites (N-methyl/N-ethyl adjacent to an activating group) is 1. The van der Waals surface area contributed by atoms with Gasteiger partial charge in [0, 0.05) is 17.3 Å². The minimum absolute atomic E-state index is 0.144. The van der Waals surface area contributed by atoms with Crippen molar-refractivity contribution in [2.24, 2.45) is 0 Å². The highest BCUT2D eigenvalue weighted by atomic mass is 28.1. The zero-order valence-corrected chi connectivity index (χ0v) is 8.68.